The second-order valence-corrected chi connectivity index (χ2v) is 7.09. The fourth-order valence-electron chi connectivity index (χ4n) is 1.64. The van der Waals surface area contributed by atoms with Crippen LogP contribution in [0.2, 0.25) is 0 Å². The fraction of sp³-hybridized carbons (Fsp3) is 0.385. The molecule has 1 aromatic rings. The Labute approximate surface area is 96.7 Å². The SMILES string of the molecule is CC1CC=C([I+]c2ccccc2)CC1. The van der Waals surface area contributed by atoms with E-state index < -0.39 is 0 Å². The van der Waals surface area contributed by atoms with Gasteiger partial charge in [-0.05, 0) is 37.0 Å². The summed E-state index contributed by atoms with van der Waals surface area (Å²) in [6.07, 6.45) is 6.55. The largest absolute Gasteiger partial charge is 0.352 e. The standard InChI is InChI=1S/C13H16I/c1-11-7-9-13(10-8-11)14-12-5-3-2-4-6-12/h2-6,9,11H,7-8,10H2,1H3/q+1. The first-order valence-corrected chi connectivity index (χ1v) is 7.39. The van der Waals surface area contributed by atoms with Gasteiger partial charge in [-0.3, -0.25) is 0 Å². The van der Waals surface area contributed by atoms with E-state index in [1.165, 1.54) is 19.3 Å². The van der Waals surface area contributed by atoms with E-state index >= 15 is 0 Å². The van der Waals surface area contributed by atoms with Crippen molar-refractivity contribution < 1.29 is 21.2 Å². The van der Waals surface area contributed by atoms with Crippen molar-refractivity contribution in [3.63, 3.8) is 0 Å². The first-order valence-electron chi connectivity index (χ1n) is 5.23. The summed E-state index contributed by atoms with van der Waals surface area (Å²) in [5, 5.41) is 0. The Morgan fingerprint density at radius 3 is 2.64 bits per heavy atom. The van der Waals surface area contributed by atoms with Gasteiger partial charge in [-0.25, -0.2) is 0 Å². The lowest BCUT2D eigenvalue weighted by Gasteiger charge is -2.11. The quantitative estimate of drug-likeness (QED) is 0.704. The van der Waals surface area contributed by atoms with Crippen LogP contribution < -0.4 is 21.2 Å². The molecule has 2 rings (SSSR count). The molecule has 74 valence electrons. The Balaban J connectivity index is 1.99. The molecule has 0 aliphatic heterocycles. The predicted octanol–water partition coefficient (Wildman–Crippen LogP) is 0.649. The molecule has 0 heterocycles. The normalized spacial score (nSPS) is 21.8. The summed E-state index contributed by atoms with van der Waals surface area (Å²) < 4.78 is 3.31. The average Bonchev–Trinajstić information content (AvgIpc) is 2.23. The van der Waals surface area contributed by atoms with E-state index in [2.05, 4.69) is 43.3 Å². The second-order valence-electron chi connectivity index (χ2n) is 3.92. The van der Waals surface area contributed by atoms with Crippen molar-refractivity contribution in [1.29, 1.82) is 0 Å². The van der Waals surface area contributed by atoms with Gasteiger partial charge in [0, 0.05) is 6.42 Å². The number of benzene rings is 1. The van der Waals surface area contributed by atoms with Crippen LogP contribution >= 0.6 is 0 Å². The number of hydrogen-bond acceptors (Lipinski definition) is 0. The van der Waals surface area contributed by atoms with E-state index in [4.69, 9.17) is 0 Å². The highest BCUT2D eigenvalue weighted by Gasteiger charge is 2.22. The first-order chi connectivity index (χ1) is 6.84. The van der Waals surface area contributed by atoms with Gasteiger partial charge in [0.05, 0.1) is 0 Å². The molecule has 0 spiro atoms. The molecule has 1 aromatic carbocycles. The molecule has 0 fully saturated rings. The molecule has 1 unspecified atom stereocenters. The monoisotopic (exact) mass is 299 g/mol. The Bertz CT molecular complexity index is 313. The third-order valence-corrected chi connectivity index (χ3v) is 5.60. The van der Waals surface area contributed by atoms with Gasteiger partial charge in [-0.15, -0.1) is 0 Å². The van der Waals surface area contributed by atoms with Crippen LogP contribution in [0.3, 0.4) is 0 Å². The predicted molar refractivity (Wildman–Crippen MR) is 56.2 cm³/mol. The van der Waals surface area contributed by atoms with Crippen LogP contribution in [0.5, 0.6) is 0 Å². The zero-order valence-electron chi connectivity index (χ0n) is 8.54. The molecule has 1 aliphatic carbocycles. The van der Waals surface area contributed by atoms with E-state index in [0.717, 1.165) is 5.92 Å². The lowest BCUT2D eigenvalue weighted by atomic mass is 9.97. The van der Waals surface area contributed by atoms with Crippen LogP contribution in [-0.4, -0.2) is 0 Å². The van der Waals surface area contributed by atoms with Crippen LogP contribution in [0.15, 0.2) is 40.0 Å². The maximum absolute atomic E-state index is 2.49. The van der Waals surface area contributed by atoms with Crippen LogP contribution in [0.25, 0.3) is 0 Å². The molecule has 0 bridgehead atoms. The van der Waals surface area contributed by atoms with Gasteiger partial charge in [0.25, 0.3) is 0 Å². The summed E-state index contributed by atoms with van der Waals surface area (Å²) in [5.41, 5.74) is 0. The van der Waals surface area contributed by atoms with E-state index in [0.29, 0.717) is 0 Å². The molecule has 0 nitrogen and oxygen atoms in total. The van der Waals surface area contributed by atoms with Crippen LogP contribution in [0.4, 0.5) is 0 Å². The number of allylic oxidation sites excluding steroid dienone is 2. The molecule has 0 aromatic heterocycles. The van der Waals surface area contributed by atoms with Crippen molar-refractivity contribution in [2.24, 2.45) is 5.92 Å². The van der Waals surface area contributed by atoms with Gasteiger partial charge in [0.2, 0.25) is 0 Å². The Morgan fingerprint density at radius 1 is 1.21 bits per heavy atom. The van der Waals surface area contributed by atoms with E-state index in [-0.39, 0.29) is 21.2 Å². The minimum atomic E-state index is 0.147. The lowest BCUT2D eigenvalue weighted by Crippen LogP contribution is -3.61. The summed E-state index contributed by atoms with van der Waals surface area (Å²) >= 11 is 0.147. The molecular weight excluding hydrogens is 283 g/mol. The zero-order chi connectivity index (χ0) is 9.80. The highest BCUT2D eigenvalue weighted by atomic mass is 127. The van der Waals surface area contributed by atoms with Gasteiger partial charge in [-0.1, -0.05) is 25.1 Å². The summed E-state index contributed by atoms with van der Waals surface area (Å²) in [7, 11) is 0. The summed E-state index contributed by atoms with van der Waals surface area (Å²) in [5.74, 6) is 0.915. The molecule has 14 heavy (non-hydrogen) atoms. The van der Waals surface area contributed by atoms with Crippen molar-refractivity contribution in [2.75, 3.05) is 0 Å². The fourth-order valence-corrected chi connectivity index (χ4v) is 4.27. The first kappa shape index (κ1) is 10.2. The average molecular weight is 299 g/mol. The lowest BCUT2D eigenvalue weighted by molar-refractivity contribution is -0.579. The van der Waals surface area contributed by atoms with Gasteiger partial charge in [0.1, 0.15) is 0 Å². The molecule has 1 aliphatic rings. The highest BCUT2D eigenvalue weighted by Crippen LogP contribution is 2.18. The molecule has 0 N–H and O–H groups in total. The summed E-state index contributed by atoms with van der Waals surface area (Å²) in [4.78, 5) is 0. The summed E-state index contributed by atoms with van der Waals surface area (Å²) in [6.45, 7) is 2.36. The van der Waals surface area contributed by atoms with Gasteiger partial charge in [0.15, 0.2) is 7.15 Å². The Kier molecular flexibility index (Phi) is 3.62. The highest BCUT2D eigenvalue weighted by molar-refractivity contribution is 5.02. The molecule has 0 saturated heterocycles. The van der Waals surface area contributed by atoms with E-state index in [1.807, 2.05) is 0 Å². The molecule has 1 heteroatoms. The topological polar surface area (TPSA) is 0 Å². The minimum absolute atomic E-state index is 0.147. The summed E-state index contributed by atoms with van der Waals surface area (Å²) in [6, 6.07) is 10.9. The van der Waals surface area contributed by atoms with Gasteiger partial charge >= 0.3 is 21.2 Å². The second kappa shape index (κ2) is 4.96. The Hall–Kier alpha value is -0.310. The van der Waals surface area contributed by atoms with Crippen molar-refractivity contribution >= 4 is 0 Å². The van der Waals surface area contributed by atoms with Crippen molar-refractivity contribution in [2.45, 2.75) is 26.2 Å². The van der Waals surface area contributed by atoms with Crippen LogP contribution in [0, 0.1) is 9.49 Å². The molecular formula is C13H16I+. The number of hydrogen-bond donors (Lipinski definition) is 0. The zero-order valence-corrected chi connectivity index (χ0v) is 10.7. The number of rotatable bonds is 2. The minimum Gasteiger partial charge on any atom is -0.0622 e. The Morgan fingerprint density at radius 2 is 2.00 bits per heavy atom. The van der Waals surface area contributed by atoms with Gasteiger partial charge in [-0.2, -0.15) is 0 Å². The van der Waals surface area contributed by atoms with Gasteiger partial charge < -0.3 is 0 Å². The van der Waals surface area contributed by atoms with Crippen LogP contribution in [-0.2, 0) is 0 Å². The van der Waals surface area contributed by atoms with E-state index in [1.54, 1.807) is 7.15 Å². The maximum atomic E-state index is 2.49. The molecule has 0 amide bonds. The van der Waals surface area contributed by atoms with E-state index in [9.17, 15) is 0 Å². The third kappa shape index (κ3) is 2.84. The number of halogens is 1. The van der Waals surface area contributed by atoms with Crippen molar-refractivity contribution in [1.82, 2.24) is 0 Å². The van der Waals surface area contributed by atoms with Crippen molar-refractivity contribution in [3.8, 4) is 0 Å². The maximum Gasteiger partial charge on any atom is 0.352 e. The molecule has 0 saturated carbocycles. The smallest absolute Gasteiger partial charge is 0.0622 e. The van der Waals surface area contributed by atoms with Crippen LogP contribution in [0.1, 0.15) is 26.2 Å². The third-order valence-electron chi connectivity index (χ3n) is 2.58. The molecule has 0 radical (unpaired) electrons. The molecule has 1 atom stereocenters. The van der Waals surface area contributed by atoms with Crippen molar-refractivity contribution in [3.05, 3.63) is 43.6 Å².